The molecular formula is C27H26FN3O2S. The second kappa shape index (κ2) is 10.4. The van der Waals surface area contributed by atoms with Crippen molar-refractivity contribution < 1.29 is 9.13 Å². The number of hydrogen-bond acceptors (Lipinski definition) is 5. The van der Waals surface area contributed by atoms with Gasteiger partial charge in [0.05, 0.1) is 24.1 Å². The van der Waals surface area contributed by atoms with Crippen LogP contribution in [0.15, 0.2) is 82.7 Å². The van der Waals surface area contributed by atoms with Crippen LogP contribution in [0.4, 0.5) is 10.1 Å². The standard InChI is InChI=1S/C27H26FN3O2S/c28-24-9-5-4-8-21(24)19-34-27-29-25-11-10-22(30-14-16-33-17-15-30)18-23(25)26(32)31(27)13-12-20-6-2-1-3-7-20/h1-11,18H,12-17,19H2. The Morgan fingerprint density at radius 2 is 1.74 bits per heavy atom. The van der Waals surface area contributed by atoms with Crippen LogP contribution in [0.5, 0.6) is 0 Å². The molecule has 34 heavy (non-hydrogen) atoms. The van der Waals surface area contributed by atoms with E-state index in [1.165, 1.54) is 17.8 Å². The van der Waals surface area contributed by atoms with Crippen LogP contribution in [0.25, 0.3) is 10.9 Å². The molecule has 0 spiro atoms. The molecule has 1 fully saturated rings. The molecule has 0 atom stereocenters. The smallest absolute Gasteiger partial charge is 0.262 e. The van der Waals surface area contributed by atoms with Crippen LogP contribution in [0.2, 0.25) is 0 Å². The Morgan fingerprint density at radius 3 is 2.53 bits per heavy atom. The van der Waals surface area contributed by atoms with E-state index in [0.717, 1.165) is 24.3 Å². The second-order valence-corrected chi connectivity index (χ2v) is 9.21. The van der Waals surface area contributed by atoms with E-state index in [2.05, 4.69) is 17.0 Å². The van der Waals surface area contributed by atoms with Gasteiger partial charge in [-0.15, -0.1) is 0 Å². The predicted octanol–water partition coefficient (Wildman–Crippen LogP) is 4.91. The summed E-state index contributed by atoms with van der Waals surface area (Å²) in [7, 11) is 0. The van der Waals surface area contributed by atoms with Gasteiger partial charge in [0.2, 0.25) is 0 Å². The Kier molecular flexibility index (Phi) is 6.92. The number of aromatic nitrogens is 2. The van der Waals surface area contributed by atoms with Gasteiger partial charge in [-0.2, -0.15) is 0 Å². The largest absolute Gasteiger partial charge is 0.378 e. The van der Waals surface area contributed by atoms with Gasteiger partial charge < -0.3 is 9.64 Å². The highest BCUT2D eigenvalue weighted by molar-refractivity contribution is 7.98. The number of rotatable bonds is 7. The van der Waals surface area contributed by atoms with Crippen molar-refractivity contribution in [3.05, 3.63) is 100 Å². The summed E-state index contributed by atoms with van der Waals surface area (Å²) < 4.78 is 21.4. The highest BCUT2D eigenvalue weighted by Crippen LogP contribution is 2.26. The zero-order valence-corrected chi connectivity index (χ0v) is 19.6. The van der Waals surface area contributed by atoms with Gasteiger partial charge in [0, 0.05) is 31.1 Å². The summed E-state index contributed by atoms with van der Waals surface area (Å²) in [4.78, 5) is 20.7. The lowest BCUT2D eigenvalue weighted by atomic mass is 10.1. The first kappa shape index (κ1) is 22.6. The van der Waals surface area contributed by atoms with E-state index in [0.29, 0.717) is 53.6 Å². The molecule has 0 amide bonds. The summed E-state index contributed by atoms with van der Waals surface area (Å²) in [6, 6.07) is 22.7. The minimum absolute atomic E-state index is 0.0629. The number of halogens is 1. The summed E-state index contributed by atoms with van der Waals surface area (Å²) in [5, 5.41) is 1.21. The summed E-state index contributed by atoms with van der Waals surface area (Å²) in [6.07, 6.45) is 0.713. The van der Waals surface area contributed by atoms with Crippen LogP contribution in [-0.4, -0.2) is 35.9 Å². The molecule has 174 valence electrons. The van der Waals surface area contributed by atoms with E-state index in [4.69, 9.17) is 9.72 Å². The van der Waals surface area contributed by atoms with Crippen molar-refractivity contribution in [2.75, 3.05) is 31.2 Å². The van der Waals surface area contributed by atoms with Crippen LogP contribution in [0.1, 0.15) is 11.1 Å². The quantitative estimate of drug-likeness (QED) is 0.281. The maximum absolute atomic E-state index is 14.2. The van der Waals surface area contributed by atoms with Crippen molar-refractivity contribution in [1.29, 1.82) is 0 Å². The Labute approximate surface area is 202 Å². The molecule has 3 aromatic carbocycles. The van der Waals surface area contributed by atoms with Gasteiger partial charge in [-0.25, -0.2) is 9.37 Å². The van der Waals surface area contributed by atoms with Crippen LogP contribution >= 0.6 is 11.8 Å². The zero-order chi connectivity index (χ0) is 23.3. The molecule has 5 nitrogen and oxygen atoms in total. The fourth-order valence-corrected chi connectivity index (χ4v) is 5.17. The number of morpholine rings is 1. The number of ether oxygens (including phenoxy) is 1. The predicted molar refractivity (Wildman–Crippen MR) is 135 cm³/mol. The molecule has 5 rings (SSSR count). The summed E-state index contributed by atoms with van der Waals surface area (Å²) >= 11 is 1.40. The first-order valence-corrected chi connectivity index (χ1v) is 12.4. The highest BCUT2D eigenvalue weighted by Gasteiger charge is 2.16. The summed E-state index contributed by atoms with van der Waals surface area (Å²) in [5.41, 5.74) is 3.36. The van der Waals surface area contributed by atoms with Crippen molar-refractivity contribution in [1.82, 2.24) is 9.55 Å². The lowest BCUT2D eigenvalue weighted by molar-refractivity contribution is 0.122. The maximum Gasteiger partial charge on any atom is 0.262 e. The number of anilines is 1. The van der Waals surface area contributed by atoms with Crippen molar-refractivity contribution in [2.24, 2.45) is 0 Å². The summed E-state index contributed by atoms with van der Waals surface area (Å²) in [5.74, 6) is 0.158. The van der Waals surface area contributed by atoms with Gasteiger partial charge >= 0.3 is 0 Å². The van der Waals surface area contributed by atoms with E-state index in [-0.39, 0.29) is 11.4 Å². The van der Waals surface area contributed by atoms with Crippen molar-refractivity contribution >= 4 is 28.4 Å². The molecule has 7 heteroatoms. The fourth-order valence-electron chi connectivity index (χ4n) is 4.16. The molecule has 0 saturated carbocycles. The van der Waals surface area contributed by atoms with Crippen LogP contribution in [-0.2, 0) is 23.5 Å². The zero-order valence-electron chi connectivity index (χ0n) is 18.8. The van der Waals surface area contributed by atoms with E-state index in [1.807, 2.05) is 42.5 Å². The van der Waals surface area contributed by atoms with E-state index in [1.54, 1.807) is 16.7 Å². The number of aryl methyl sites for hydroxylation is 1. The molecule has 1 saturated heterocycles. The van der Waals surface area contributed by atoms with Crippen LogP contribution in [0, 0.1) is 5.82 Å². The summed E-state index contributed by atoms with van der Waals surface area (Å²) in [6.45, 7) is 3.48. The monoisotopic (exact) mass is 475 g/mol. The van der Waals surface area contributed by atoms with Gasteiger partial charge in [-0.3, -0.25) is 9.36 Å². The number of benzene rings is 3. The minimum Gasteiger partial charge on any atom is -0.378 e. The van der Waals surface area contributed by atoms with Crippen molar-refractivity contribution in [3.63, 3.8) is 0 Å². The number of thioether (sulfide) groups is 1. The van der Waals surface area contributed by atoms with E-state index >= 15 is 0 Å². The molecule has 2 heterocycles. The van der Waals surface area contributed by atoms with Crippen molar-refractivity contribution in [3.8, 4) is 0 Å². The molecular weight excluding hydrogens is 449 g/mol. The number of fused-ring (bicyclic) bond motifs is 1. The highest BCUT2D eigenvalue weighted by atomic mass is 32.2. The molecule has 1 aliphatic heterocycles. The SMILES string of the molecule is O=c1c2cc(N3CCOCC3)ccc2nc(SCc2ccccc2F)n1CCc1ccccc1. The Morgan fingerprint density at radius 1 is 0.971 bits per heavy atom. The lowest BCUT2D eigenvalue weighted by Crippen LogP contribution is -2.36. The molecule has 0 aliphatic carbocycles. The molecule has 4 aromatic rings. The average molecular weight is 476 g/mol. The third-order valence-electron chi connectivity index (χ3n) is 6.06. The van der Waals surface area contributed by atoms with Gasteiger partial charge in [0.15, 0.2) is 5.16 Å². The molecule has 0 unspecified atom stereocenters. The Hall–Kier alpha value is -3.16. The molecule has 0 bridgehead atoms. The van der Waals surface area contributed by atoms with E-state index in [9.17, 15) is 9.18 Å². The average Bonchev–Trinajstić information content (AvgIpc) is 2.89. The van der Waals surface area contributed by atoms with Gasteiger partial charge in [0.1, 0.15) is 5.82 Å². The van der Waals surface area contributed by atoms with Crippen LogP contribution in [0.3, 0.4) is 0 Å². The van der Waals surface area contributed by atoms with E-state index < -0.39 is 0 Å². The minimum atomic E-state index is -0.246. The van der Waals surface area contributed by atoms with Crippen LogP contribution < -0.4 is 10.5 Å². The normalized spacial score (nSPS) is 14.0. The van der Waals surface area contributed by atoms with Crippen molar-refractivity contribution in [2.45, 2.75) is 23.9 Å². The van der Waals surface area contributed by atoms with Gasteiger partial charge in [-0.05, 0) is 41.8 Å². The molecule has 1 aromatic heterocycles. The third-order valence-corrected chi connectivity index (χ3v) is 7.09. The van der Waals surface area contributed by atoms with Gasteiger partial charge in [0.25, 0.3) is 5.56 Å². The number of hydrogen-bond donors (Lipinski definition) is 0. The number of nitrogens with zero attached hydrogens (tertiary/aromatic N) is 3. The fraction of sp³-hybridized carbons (Fsp3) is 0.259. The lowest BCUT2D eigenvalue weighted by Gasteiger charge is -2.29. The second-order valence-electron chi connectivity index (χ2n) is 8.27. The third kappa shape index (κ3) is 5.00. The first-order valence-electron chi connectivity index (χ1n) is 11.5. The Balaban J connectivity index is 1.51. The maximum atomic E-state index is 14.2. The Bertz CT molecular complexity index is 1340. The molecule has 1 aliphatic rings. The molecule has 0 radical (unpaired) electrons. The first-order chi connectivity index (χ1) is 16.7. The van der Waals surface area contributed by atoms with Gasteiger partial charge in [-0.1, -0.05) is 60.3 Å². The molecule has 0 N–H and O–H groups in total. The topological polar surface area (TPSA) is 47.4 Å².